The van der Waals surface area contributed by atoms with Gasteiger partial charge < -0.3 is 10.2 Å². The first kappa shape index (κ1) is 10.0. The lowest BCUT2D eigenvalue weighted by Gasteiger charge is -2.15. The van der Waals surface area contributed by atoms with Gasteiger partial charge in [-0.2, -0.15) is 13.2 Å². The zero-order valence-corrected chi connectivity index (χ0v) is 7.58. The van der Waals surface area contributed by atoms with Crippen LogP contribution in [0.3, 0.4) is 0 Å². The second-order valence-electron chi connectivity index (χ2n) is 3.24. The van der Waals surface area contributed by atoms with Crippen LogP contribution in [0.5, 0.6) is 0 Å². The summed E-state index contributed by atoms with van der Waals surface area (Å²) < 4.78 is 42.0. The van der Waals surface area contributed by atoms with Crippen molar-refractivity contribution in [1.29, 1.82) is 0 Å². The van der Waals surface area contributed by atoms with Gasteiger partial charge in [-0.25, -0.2) is 0 Å². The zero-order valence-electron chi connectivity index (χ0n) is 7.58. The molecule has 0 saturated carbocycles. The number of furan rings is 1. The van der Waals surface area contributed by atoms with Crippen molar-refractivity contribution < 1.29 is 17.6 Å². The molecule has 2 nitrogen and oxygen atoms in total. The number of alkyl halides is 3. The summed E-state index contributed by atoms with van der Waals surface area (Å²) in [7, 11) is 0. The fourth-order valence-corrected chi connectivity index (χ4v) is 1.37. The Hall–Kier alpha value is -1.49. The predicted molar refractivity (Wildman–Crippen MR) is 49.2 cm³/mol. The molecule has 1 heterocycles. The molecule has 80 valence electrons. The molecule has 0 radical (unpaired) electrons. The highest BCUT2D eigenvalue weighted by Gasteiger charge is 2.37. The van der Waals surface area contributed by atoms with E-state index in [-0.39, 0.29) is 5.56 Å². The molecule has 0 unspecified atom stereocenters. The molecule has 0 amide bonds. The van der Waals surface area contributed by atoms with Crippen molar-refractivity contribution in [2.24, 2.45) is 5.73 Å². The molecule has 0 aliphatic carbocycles. The van der Waals surface area contributed by atoms with E-state index in [1.165, 1.54) is 24.5 Å². The van der Waals surface area contributed by atoms with Crippen LogP contribution >= 0.6 is 0 Å². The first-order valence-corrected chi connectivity index (χ1v) is 4.28. The Morgan fingerprint density at radius 1 is 1.20 bits per heavy atom. The monoisotopic (exact) mass is 215 g/mol. The number of halogens is 3. The SMILES string of the molecule is N[C@@H](c1ccc2occc2c1)C(F)(F)F. The first-order valence-electron chi connectivity index (χ1n) is 4.28. The summed E-state index contributed by atoms with van der Waals surface area (Å²) in [6.07, 6.45) is -3.00. The quantitative estimate of drug-likeness (QED) is 0.794. The van der Waals surface area contributed by atoms with Crippen LogP contribution in [-0.2, 0) is 0 Å². The Kier molecular flexibility index (Phi) is 2.19. The summed E-state index contributed by atoms with van der Waals surface area (Å²) in [5.41, 5.74) is 5.66. The third-order valence-corrected chi connectivity index (χ3v) is 2.19. The van der Waals surface area contributed by atoms with Gasteiger partial charge in [0.15, 0.2) is 0 Å². The van der Waals surface area contributed by atoms with Crippen LogP contribution in [0, 0.1) is 0 Å². The van der Waals surface area contributed by atoms with Gasteiger partial charge in [0.2, 0.25) is 0 Å². The van der Waals surface area contributed by atoms with E-state index in [0.717, 1.165) is 0 Å². The van der Waals surface area contributed by atoms with Gasteiger partial charge >= 0.3 is 6.18 Å². The lowest BCUT2D eigenvalue weighted by Crippen LogP contribution is -2.28. The van der Waals surface area contributed by atoms with Crippen molar-refractivity contribution in [2.45, 2.75) is 12.2 Å². The normalized spacial score (nSPS) is 14.4. The molecule has 1 aromatic carbocycles. The van der Waals surface area contributed by atoms with E-state index in [0.29, 0.717) is 11.0 Å². The van der Waals surface area contributed by atoms with Crippen LogP contribution in [0.25, 0.3) is 11.0 Å². The van der Waals surface area contributed by atoms with Crippen molar-refractivity contribution in [3.63, 3.8) is 0 Å². The minimum atomic E-state index is -4.42. The van der Waals surface area contributed by atoms with Crippen molar-refractivity contribution in [3.8, 4) is 0 Å². The number of fused-ring (bicyclic) bond motifs is 1. The molecule has 0 fully saturated rings. The molecule has 1 aromatic heterocycles. The molecule has 1 atom stereocenters. The Morgan fingerprint density at radius 3 is 2.60 bits per heavy atom. The van der Waals surface area contributed by atoms with Crippen molar-refractivity contribution in [2.75, 3.05) is 0 Å². The van der Waals surface area contributed by atoms with Crippen LogP contribution in [0.15, 0.2) is 34.9 Å². The molecule has 2 rings (SSSR count). The molecule has 0 saturated heterocycles. The van der Waals surface area contributed by atoms with Gasteiger partial charge in [-0.1, -0.05) is 6.07 Å². The summed E-state index contributed by atoms with van der Waals surface area (Å²) in [5, 5.41) is 0.618. The predicted octanol–water partition coefficient (Wildman–Crippen LogP) is 2.99. The molecule has 2 aromatic rings. The largest absolute Gasteiger partial charge is 0.464 e. The Bertz CT molecular complexity index is 475. The number of hydrogen-bond donors (Lipinski definition) is 1. The molecule has 2 N–H and O–H groups in total. The lowest BCUT2D eigenvalue weighted by atomic mass is 10.1. The number of rotatable bonds is 1. The minimum Gasteiger partial charge on any atom is -0.464 e. The van der Waals surface area contributed by atoms with Crippen LogP contribution in [0.1, 0.15) is 11.6 Å². The second kappa shape index (κ2) is 3.27. The highest BCUT2D eigenvalue weighted by atomic mass is 19.4. The van der Waals surface area contributed by atoms with E-state index < -0.39 is 12.2 Å². The highest BCUT2D eigenvalue weighted by molar-refractivity contribution is 5.77. The first-order chi connectivity index (χ1) is 6.98. The minimum absolute atomic E-state index is 0.0383. The van der Waals surface area contributed by atoms with E-state index in [2.05, 4.69) is 0 Å². The van der Waals surface area contributed by atoms with Crippen LogP contribution in [0.4, 0.5) is 13.2 Å². The van der Waals surface area contributed by atoms with Crippen LogP contribution < -0.4 is 5.73 Å². The van der Waals surface area contributed by atoms with Gasteiger partial charge in [-0.3, -0.25) is 0 Å². The second-order valence-corrected chi connectivity index (χ2v) is 3.24. The highest BCUT2D eigenvalue weighted by Crippen LogP contribution is 2.31. The molecule has 0 spiro atoms. The fraction of sp³-hybridized carbons (Fsp3) is 0.200. The van der Waals surface area contributed by atoms with E-state index >= 15 is 0 Å². The molecule has 5 heteroatoms. The van der Waals surface area contributed by atoms with Gasteiger partial charge in [0.05, 0.1) is 6.26 Å². The van der Waals surface area contributed by atoms with Gasteiger partial charge in [0, 0.05) is 5.39 Å². The van der Waals surface area contributed by atoms with E-state index in [9.17, 15) is 13.2 Å². The average Bonchev–Trinajstić information content (AvgIpc) is 2.61. The summed E-state index contributed by atoms with van der Waals surface area (Å²) >= 11 is 0. The smallest absolute Gasteiger partial charge is 0.407 e. The zero-order chi connectivity index (χ0) is 11.1. The van der Waals surface area contributed by atoms with Crippen molar-refractivity contribution in [3.05, 3.63) is 36.1 Å². The summed E-state index contributed by atoms with van der Waals surface area (Å²) in [5.74, 6) is 0. The maximum absolute atomic E-state index is 12.3. The standard InChI is InChI=1S/C10H8F3NO/c11-10(12,13)9(14)7-1-2-8-6(5-7)3-4-15-8/h1-5,9H,14H2/t9-/m0/s1. The van der Waals surface area contributed by atoms with Gasteiger partial charge in [0.25, 0.3) is 0 Å². The molecular formula is C10H8F3NO. The van der Waals surface area contributed by atoms with Crippen LogP contribution in [0.2, 0.25) is 0 Å². The summed E-state index contributed by atoms with van der Waals surface area (Å²) in [6.45, 7) is 0. The number of nitrogens with two attached hydrogens (primary N) is 1. The molecule has 0 aliphatic heterocycles. The lowest BCUT2D eigenvalue weighted by molar-refractivity contribution is -0.149. The maximum atomic E-state index is 12.3. The fourth-order valence-electron chi connectivity index (χ4n) is 1.37. The Balaban J connectivity index is 2.44. The van der Waals surface area contributed by atoms with Crippen molar-refractivity contribution in [1.82, 2.24) is 0 Å². The summed E-state index contributed by atoms with van der Waals surface area (Å²) in [4.78, 5) is 0. The van der Waals surface area contributed by atoms with Crippen molar-refractivity contribution >= 4 is 11.0 Å². The summed E-state index contributed by atoms with van der Waals surface area (Å²) in [6, 6.07) is 3.84. The molecule has 15 heavy (non-hydrogen) atoms. The molecule has 0 aliphatic rings. The van der Waals surface area contributed by atoms with Crippen LogP contribution in [-0.4, -0.2) is 6.18 Å². The Morgan fingerprint density at radius 2 is 1.93 bits per heavy atom. The number of benzene rings is 1. The average molecular weight is 215 g/mol. The van der Waals surface area contributed by atoms with Gasteiger partial charge in [0.1, 0.15) is 11.6 Å². The van der Waals surface area contributed by atoms with Gasteiger partial charge in [-0.15, -0.1) is 0 Å². The maximum Gasteiger partial charge on any atom is 0.407 e. The topological polar surface area (TPSA) is 39.2 Å². The third-order valence-electron chi connectivity index (χ3n) is 2.19. The van der Waals surface area contributed by atoms with E-state index in [1.807, 2.05) is 0 Å². The molecule has 0 bridgehead atoms. The van der Waals surface area contributed by atoms with Gasteiger partial charge in [-0.05, 0) is 23.8 Å². The Labute approximate surface area is 83.5 Å². The van der Waals surface area contributed by atoms with E-state index in [4.69, 9.17) is 10.2 Å². The number of hydrogen-bond acceptors (Lipinski definition) is 2. The molecular weight excluding hydrogens is 207 g/mol. The third kappa shape index (κ3) is 1.83. The van der Waals surface area contributed by atoms with E-state index in [1.54, 1.807) is 6.07 Å².